The molecule has 8 nitrogen and oxygen atoms in total. The number of carbonyl (C=O) groups is 2. The standard InChI is InChI=1S/C30H31NO7S/c1-5-37-30(33)28-26(10-7-17-38-39(34,35)22-14-11-19(2)12-15-22)25-9-6-8-24(27(25)31-28)23-16-13-21(18-20(23)3)29(32)36-4/h6,8-9,11-16,18,31H,5,7,10,17H2,1-4H3. The first-order valence-corrected chi connectivity index (χ1v) is 14.0. The molecule has 0 unspecified atom stereocenters. The van der Waals surface area contributed by atoms with Crippen molar-refractivity contribution < 1.29 is 31.7 Å². The molecule has 1 N–H and O–H groups in total. The number of aromatic amines is 1. The largest absolute Gasteiger partial charge is 0.465 e. The summed E-state index contributed by atoms with van der Waals surface area (Å²) in [6.07, 6.45) is 0.753. The van der Waals surface area contributed by atoms with Gasteiger partial charge in [-0.25, -0.2) is 9.59 Å². The number of methoxy groups -OCH3 is 1. The fourth-order valence-electron chi connectivity index (χ4n) is 4.54. The van der Waals surface area contributed by atoms with Gasteiger partial charge in [0.1, 0.15) is 5.69 Å². The third-order valence-electron chi connectivity index (χ3n) is 6.48. The van der Waals surface area contributed by atoms with Gasteiger partial charge in [-0.1, -0.05) is 42.0 Å². The van der Waals surface area contributed by atoms with Crippen LogP contribution in [0.1, 0.15) is 50.9 Å². The van der Waals surface area contributed by atoms with E-state index in [1.54, 1.807) is 31.2 Å². The molecular formula is C30H31NO7S. The Morgan fingerprint density at radius 2 is 1.67 bits per heavy atom. The van der Waals surface area contributed by atoms with Crippen LogP contribution in [0.3, 0.4) is 0 Å². The van der Waals surface area contributed by atoms with Gasteiger partial charge in [0.05, 0.1) is 36.3 Å². The summed E-state index contributed by atoms with van der Waals surface area (Å²) < 4.78 is 40.5. The van der Waals surface area contributed by atoms with E-state index >= 15 is 0 Å². The van der Waals surface area contributed by atoms with Crippen molar-refractivity contribution in [3.8, 4) is 11.1 Å². The molecule has 1 aromatic heterocycles. The van der Waals surface area contributed by atoms with Gasteiger partial charge in [-0.3, -0.25) is 4.18 Å². The van der Waals surface area contributed by atoms with Crippen molar-refractivity contribution in [2.45, 2.75) is 38.5 Å². The first kappa shape index (κ1) is 28.1. The van der Waals surface area contributed by atoms with E-state index in [2.05, 4.69) is 4.98 Å². The van der Waals surface area contributed by atoms with Crippen LogP contribution >= 0.6 is 0 Å². The molecule has 0 saturated carbocycles. The Balaban J connectivity index is 1.64. The molecule has 0 aliphatic rings. The van der Waals surface area contributed by atoms with Gasteiger partial charge in [0.2, 0.25) is 0 Å². The summed E-state index contributed by atoms with van der Waals surface area (Å²) in [4.78, 5) is 28.2. The summed E-state index contributed by atoms with van der Waals surface area (Å²) in [6.45, 7) is 5.69. The highest BCUT2D eigenvalue weighted by atomic mass is 32.2. The Labute approximate surface area is 228 Å². The molecule has 0 saturated heterocycles. The summed E-state index contributed by atoms with van der Waals surface area (Å²) in [5.74, 6) is -0.901. The van der Waals surface area contributed by atoms with Crippen LogP contribution in [0.4, 0.5) is 0 Å². The number of para-hydroxylation sites is 1. The molecule has 4 aromatic rings. The van der Waals surface area contributed by atoms with Crippen molar-refractivity contribution >= 4 is 33.0 Å². The number of carbonyl (C=O) groups excluding carboxylic acids is 2. The summed E-state index contributed by atoms with van der Waals surface area (Å²) in [5, 5.41) is 0.827. The minimum Gasteiger partial charge on any atom is -0.465 e. The van der Waals surface area contributed by atoms with Gasteiger partial charge in [-0.15, -0.1) is 0 Å². The molecular weight excluding hydrogens is 518 g/mol. The van der Waals surface area contributed by atoms with Crippen molar-refractivity contribution in [3.63, 3.8) is 0 Å². The van der Waals surface area contributed by atoms with E-state index in [1.807, 2.05) is 38.1 Å². The number of hydrogen-bond acceptors (Lipinski definition) is 7. The van der Waals surface area contributed by atoms with Crippen molar-refractivity contribution in [3.05, 3.63) is 88.6 Å². The number of fused-ring (bicyclic) bond motifs is 1. The van der Waals surface area contributed by atoms with E-state index in [0.717, 1.165) is 38.7 Å². The van der Waals surface area contributed by atoms with E-state index in [-0.39, 0.29) is 18.1 Å². The highest BCUT2D eigenvalue weighted by Gasteiger charge is 2.22. The maximum Gasteiger partial charge on any atom is 0.355 e. The van der Waals surface area contributed by atoms with Crippen LogP contribution in [0.5, 0.6) is 0 Å². The minimum atomic E-state index is -3.89. The molecule has 204 valence electrons. The van der Waals surface area contributed by atoms with Gasteiger partial charge in [0.15, 0.2) is 0 Å². The lowest BCUT2D eigenvalue weighted by Crippen LogP contribution is -2.10. The molecule has 0 amide bonds. The number of hydrogen-bond donors (Lipinski definition) is 1. The zero-order valence-corrected chi connectivity index (χ0v) is 23.2. The maximum absolute atomic E-state index is 12.9. The molecule has 0 bridgehead atoms. The maximum atomic E-state index is 12.9. The molecule has 0 aliphatic heterocycles. The summed E-state index contributed by atoms with van der Waals surface area (Å²) >= 11 is 0. The van der Waals surface area contributed by atoms with Crippen LogP contribution < -0.4 is 0 Å². The second-order valence-electron chi connectivity index (χ2n) is 9.14. The Hall–Kier alpha value is -3.95. The van der Waals surface area contributed by atoms with Gasteiger partial charge < -0.3 is 14.5 Å². The lowest BCUT2D eigenvalue weighted by Gasteiger charge is -2.10. The lowest BCUT2D eigenvalue weighted by atomic mass is 9.95. The van der Waals surface area contributed by atoms with E-state index in [0.29, 0.717) is 24.1 Å². The van der Waals surface area contributed by atoms with Crippen molar-refractivity contribution in [1.29, 1.82) is 0 Å². The zero-order valence-electron chi connectivity index (χ0n) is 22.4. The van der Waals surface area contributed by atoms with Crippen molar-refractivity contribution in [1.82, 2.24) is 4.98 Å². The third-order valence-corrected chi connectivity index (χ3v) is 7.80. The van der Waals surface area contributed by atoms with Crippen LogP contribution in [-0.2, 0) is 30.2 Å². The van der Waals surface area contributed by atoms with Gasteiger partial charge in [-0.05, 0) is 74.6 Å². The number of esters is 2. The molecule has 0 atom stereocenters. The second kappa shape index (κ2) is 11.8. The third kappa shape index (κ3) is 6.05. The fourth-order valence-corrected chi connectivity index (χ4v) is 5.48. The molecule has 9 heteroatoms. The van der Waals surface area contributed by atoms with E-state index < -0.39 is 22.1 Å². The number of aryl methyl sites for hydroxylation is 3. The lowest BCUT2D eigenvalue weighted by molar-refractivity contribution is 0.0518. The summed E-state index contributed by atoms with van der Waals surface area (Å²) in [7, 11) is -2.55. The number of ether oxygens (including phenoxy) is 2. The predicted molar refractivity (Wildman–Crippen MR) is 148 cm³/mol. The van der Waals surface area contributed by atoms with Crippen LogP contribution in [-0.4, -0.2) is 45.7 Å². The first-order chi connectivity index (χ1) is 18.7. The Morgan fingerprint density at radius 1 is 0.923 bits per heavy atom. The van der Waals surface area contributed by atoms with Crippen LogP contribution in [0.25, 0.3) is 22.0 Å². The Morgan fingerprint density at radius 3 is 2.33 bits per heavy atom. The van der Waals surface area contributed by atoms with Gasteiger partial charge in [0, 0.05) is 10.9 Å². The fraction of sp³-hybridized carbons (Fsp3) is 0.267. The van der Waals surface area contributed by atoms with E-state index in [4.69, 9.17) is 13.7 Å². The number of H-pyrrole nitrogens is 1. The molecule has 0 fully saturated rings. The molecule has 4 rings (SSSR count). The number of rotatable bonds is 10. The zero-order chi connectivity index (χ0) is 28.2. The monoisotopic (exact) mass is 549 g/mol. The normalized spacial score (nSPS) is 11.5. The molecule has 0 radical (unpaired) electrons. The van der Waals surface area contributed by atoms with Crippen LogP contribution in [0, 0.1) is 13.8 Å². The second-order valence-corrected chi connectivity index (χ2v) is 10.8. The van der Waals surface area contributed by atoms with E-state index in [1.165, 1.54) is 19.2 Å². The van der Waals surface area contributed by atoms with Gasteiger partial charge in [-0.2, -0.15) is 8.42 Å². The smallest absolute Gasteiger partial charge is 0.355 e. The molecule has 3 aromatic carbocycles. The Kier molecular flexibility index (Phi) is 8.52. The predicted octanol–water partition coefficient (Wildman–Crippen LogP) is 5.75. The number of benzene rings is 3. The van der Waals surface area contributed by atoms with Gasteiger partial charge in [0.25, 0.3) is 10.1 Å². The average molecular weight is 550 g/mol. The van der Waals surface area contributed by atoms with Crippen molar-refractivity contribution in [2.24, 2.45) is 0 Å². The average Bonchev–Trinajstić information content (AvgIpc) is 3.30. The molecule has 0 spiro atoms. The quantitative estimate of drug-likeness (QED) is 0.152. The molecule has 0 aliphatic carbocycles. The SMILES string of the molecule is CCOC(=O)c1[nH]c2c(-c3ccc(C(=O)OC)cc3C)cccc2c1CCCOS(=O)(=O)c1ccc(C)cc1. The summed E-state index contributed by atoms with van der Waals surface area (Å²) in [5.41, 5.74) is 5.82. The Bertz CT molecular complexity index is 1620. The summed E-state index contributed by atoms with van der Waals surface area (Å²) in [6, 6.07) is 17.5. The first-order valence-electron chi connectivity index (χ1n) is 12.6. The van der Waals surface area contributed by atoms with Crippen LogP contribution in [0.2, 0.25) is 0 Å². The topological polar surface area (TPSA) is 112 Å². The van der Waals surface area contributed by atoms with E-state index in [9.17, 15) is 18.0 Å². The number of aromatic nitrogens is 1. The van der Waals surface area contributed by atoms with Crippen molar-refractivity contribution in [2.75, 3.05) is 20.3 Å². The molecule has 1 heterocycles. The highest BCUT2D eigenvalue weighted by molar-refractivity contribution is 7.86. The van der Waals surface area contributed by atoms with Crippen LogP contribution in [0.15, 0.2) is 65.6 Å². The number of nitrogens with one attached hydrogen (secondary N) is 1. The minimum absolute atomic E-state index is 0.0427. The van der Waals surface area contributed by atoms with Gasteiger partial charge >= 0.3 is 11.9 Å². The molecule has 39 heavy (non-hydrogen) atoms. The highest BCUT2D eigenvalue weighted by Crippen LogP contribution is 2.34.